The summed E-state index contributed by atoms with van der Waals surface area (Å²) in [5.41, 5.74) is 1.26. The van der Waals surface area contributed by atoms with Gasteiger partial charge in [0, 0.05) is 18.7 Å². The van der Waals surface area contributed by atoms with Gasteiger partial charge in [-0.15, -0.1) is 0 Å². The number of ketones is 1. The molecule has 0 bridgehead atoms. The van der Waals surface area contributed by atoms with Crippen molar-refractivity contribution in [2.45, 2.75) is 46.5 Å². The first kappa shape index (κ1) is 20.9. The van der Waals surface area contributed by atoms with E-state index in [1.807, 2.05) is 37.3 Å². The monoisotopic (exact) mass is 371 g/mol. The molecule has 5 heteroatoms. The Balaban J connectivity index is 2.36. The normalized spacial score (nSPS) is 19.9. The van der Waals surface area contributed by atoms with Crippen molar-refractivity contribution < 1.29 is 19.4 Å². The van der Waals surface area contributed by atoms with Crippen LogP contribution < -0.4 is 0 Å². The summed E-state index contributed by atoms with van der Waals surface area (Å²) in [6, 6.07) is 10.00. The number of carbonyl (C=O) groups is 2. The SMILES string of the molecule is CCCC(=NCCc1ccccc1)C1=C(O)[C@H](C(=O)OC)C(C)(C)CC1=O. The molecular formula is C22H29NO4. The van der Waals surface area contributed by atoms with Crippen molar-refractivity contribution in [3.8, 4) is 0 Å². The lowest BCUT2D eigenvalue weighted by Crippen LogP contribution is -2.41. The van der Waals surface area contributed by atoms with Crippen molar-refractivity contribution in [2.24, 2.45) is 16.3 Å². The lowest BCUT2D eigenvalue weighted by atomic mass is 9.67. The van der Waals surface area contributed by atoms with E-state index >= 15 is 0 Å². The van der Waals surface area contributed by atoms with E-state index in [1.54, 1.807) is 13.8 Å². The fourth-order valence-electron chi connectivity index (χ4n) is 3.60. The van der Waals surface area contributed by atoms with Crippen LogP contribution in [0.25, 0.3) is 0 Å². The highest BCUT2D eigenvalue weighted by molar-refractivity contribution is 6.23. The molecule has 1 aromatic carbocycles. The Hall–Kier alpha value is -2.43. The Kier molecular flexibility index (Phi) is 6.94. The number of aliphatic imine (C=N–C) groups is 1. The summed E-state index contributed by atoms with van der Waals surface area (Å²) in [4.78, 5) is 29.7. The quantitative estimate of drug-likeness (QED) is 0.579. The number of methoxy groups -OCH3 is 1. The van der Waals surface area contributed by atoms with E-state index in [-0.39, 0.29) is 23.5 Å². The molecule has 0 spiro atoms. The zero-order chi connectivity index (χ0) is 20.0. The Morgan fingerprint density at radius 1 is 1.30 bits per heavy atom. The Morgan fingerprint density at radius 2 is 1.96 bits per heavy atom. The predicted molar refractivity (Wildman–Crippen MR) is 106 cm³/mol. The van der Waals surface area contributed by atoms with Crippen LogP contribution in [-0.4, -0.2) is 36.2 Å². The Bertz CT molecular complexity index is 747. The summed E-state index contributed by atoms with van der Waals surface area (Å²) in [6.45, 7) is 6.12. The van der Waals surface area contributed by atoms with Crippen molar-refractivity contribution in [2.75, 3.05) is 13.7 Å². The minimum absolute atomic E-state index is 0.162. The van der Waals surface area contributed by atoms with Crippen LogP contribution in [0.4, 0.5) is 0 Å². The van der Waals surface area contributed by atoms with Gasteiger partial charge in [-0.05, 0) is 23.8 Å². The average Bonchev–Trinajstić information content (AvgIpc) is 2.61. The summed E-state index contributed by atoms with van der Waals surface area (Å²) < 4.78 is 4.87. The van der Waals surface area contributed by atoms with Gasteiger partial charge in [-0.1, -0.05) is 57.5 Å². The third kappa shape index (κ3) is 4.85. The van der Waals surface area contributed by atoms with Crippen molar-refractivity contribution >= 4 is 17.5 Å². The van der Waals surface area contributed by atoms with Gasteiger partial charge in [-0.2, -0.15) is 0 Å². The summed E-state index contributed by atoms with van der Waals surface area (Å²) in [6.07, 6.45) is 2.30. The highest BCUT2D eigenvalue weighted by Crippen LogP contribution is 2.42. The number of benzene rings is 1. The number of rotatable bonds is 7. The number of carbonyl (C=O) groups excluding carboxylic acids is 2. The van der Waals surface area contributed by atoms with Crippen LogP contribution in [-0.2, 0) is 20.7 Å². The van der Waals surface area contributed by atoms with Gasteiger partial charge in [0.2, 0.25) is 0 Å². The Labute approximate surface area is 161 Å². The Morgan fingerprint density at radius 3 is 2.56 bits per heavy atom. The number of aliphatic hydroxyl groups is 1. The van der Waals surface area contributed by atoms with Gasteiger partial charge >= 0.3 is 5.97 Å². The molecule has 0 radical (unpaired) electrons. The third-order valence-electron chi connectivity index (χ3n) is 4.96. The highest BCUT2D eigenvalue weighted by atomic mass is 16.5. The van der Waals surface area contributed by atoms with Crippen molar-refractivity contribution in [3.63, 3.8) is 0 Å². The molecular weight excluding hydrogens is 342 g/mol. The van der Waals surface area contributed by atoms with Crippen LogP contribution in [0.1, 0.15) is 45.6 Å². The average molecular weight is 371 g/mol. The van der Waals surface area contributed by atoms with Gasteiger partial charge in [0.15, 0.2) is 5.78 Å². The van der Waals surface area contributed by atoms with E-state index in [4.69, 9.17) is 4.74 Å². The van der Waals surface area contributed by atoms with Gasteiger partial charge < -0.3 is 9.84 Å². The summed E-state index contributed by atoms with van der Waals surface area (Å²) in [5.74, 6) is -1.74. The molecule has 1 N–H and O–H groups in total. The summed E-state index contributed by atoms with van der Waals surface area (Å²) in [5, 5.41) is 10.8. The molecule has 146 valence electrons. The zero-order valence-corrected chi connectivity index (χ0v) is 16.6. The van der Waals surface area contributed by atoms with Crippen LogP contribution in [0.2, 0.25) is 0 Å². The lowest BCUT2D eigenvalue weighted by molar-refractivity contribution is -0.150. The fraction of sp³-hybridized carbons (Fsp3) is 0.500. The number of Topliss-reactive ketones (excluding diaryl/α,β-unsaturated/α-hetero) is 1. The number of nitrogens with zero attached hydrogens (tertiary/aromatic N) is 1. The van der Waals surface area contributed by atoms with Crippen molar-refractivity contribution in [1.29, 1.82) is 0 Å². The second-order valence-electron chi connectivity index (χ2n) is 7.62. The molecule has 1 aliphatic carbocycles. The van der Waals surface area contributed by atoms with E-state index in [2.05, 4.69) is 4.99 Å². The first-order chi connectivity index (χ1) is 12.8. The van der Waals surface area contributed by atoms with E-state index in [1.165, 1.54) is 12.7 Å². The fourth-order valence-corrected chi connectivity index (χ4v) is 3.60. The molecule has 5 nitrogen and oxygen atoms in total. The second-order valence-corrected chi connectivity index (χ2v) is 7.62. The van der Waals surface area contributed by atoms with E-state index in [0.717, 1.165) is 12.8 Å². The van der Waals surface area contributed by atoms with Gasteiger partial charge in [-0.25, -0.2) is 0 Å². The van der Waals surface area contributed by atoms with Gasteiger partial charge in [0.05, 0.1) is 12.7 Å². The van der Waals surface area contributed by atoms with E-state index in [0.29, 0.717) is 18.7 Å². The van der Waals surface area contributed by atoms with Gasteiger partial charge in [0.25, 0.3) is 0 Å². The maximum Gasteiger partial charge on any atom is 0.316 e. The zero-order valence-electron chi connectivity index (χ0n) is 16.6. The second kappa shape index (κ2) is 8.98. The standard InChI is InChI=1S/C22H29NO4/c1-5-9-16(23-13-12-15-10-7-6-8-11-15)18-17(24)14-22(2,3)19(20(18)25)21(26)27-4/h6-8,10-11,19,25H,5,9,12-14H2,1-4H3/t19-/m1/s1. The van der Waals surface area contributed by atoms with Gasteiger partial charge in [-0.3, -0.25) is 14.6 Å². The molecule has 0 aliphatic heterocycles. The lowest BCUT2D eigenvalue weighted by Gasteiger charge is -2.36. The number of allylic oxidation sites excluding steroid dienone is 1. The number of ether oxygens (including phenoxy) is 1. The number of hydrogen-bond donors (Lipinski definition) is 1. The topological polar surface area (TPSA) is 76.0 Å². The molecule has 0 amide bonds. The maximum absolute atomic E-state index is 12.8. The number of esters is 1. The molecule has 1 atom stereocenters. The van der Waals surface area contributed by atoms with Crippen LogP contribution in [0, 0.1) is 11.3 Å². The molecule has 0 unspecified atom stereocenters. The van der Waals surface area contributed by atoms with Crippen molar-refractivity contribution in [3.05, 3.63) is 47.2 Å². The van der Waals surface area contributed by atoms with Crippen molar-refractivity contribution in [1.82, 2.24) is 0 Å². The molecule has 2 rings (SSSR count). The molecule has 27 heavy (non-hydrogen) atoms. The predicted octanol–water partition coefficient (Wildman–Crippen LogP) is 4.07. The largest absolute Gasteiger partial charge is 0.511 e. The van der Waals surface area contributed by atoms with Crippen LogP contribution in [0.5, 0.6) is 0 Å². The van der Waals surface area contributed by atoms with Crippen LogP contribution >= 0.6 is 0 Å². The molecule has 0 aromatic heterocycles. The maximum atomic E-state index is 12.8. The minimum atomic E-state index is -0.855. The van der Waals surface area contributed by atoms with Crippen LogP contribution in [0.15, 0.2) is 46.7 Å². The highest BCUT2D eigenvalue weighted by Gasteiger charge is 2.47. The van der Waals surface area contributed by atoms with E-state index < -0.39 is 17.3 Å². The van der Waals surface area contributed by atoms with E-state index in [9.17, 15) is 14.7 Å². The summed E-state index contributed by atoms with van der Waals surface area (Å²) >= 11 is 0. The summed E-state index contributed by atoms with van der Waals surface area (Å²) in [7, 11) is 1.29. The van der Waals surface area contributed by atoms with Crippen LogP contribution in [0.3, 0.4) is 0 Å². The number of aliphatic hydroxyl groups excluding tert-OH is 1. The molecule has 0 fully saturated rings. The number of hydrogen-bond acceptors (Lipinski definition) is 5. The minimum Gasteiger partial charge on any atom is -0.511 e. The van der Waals surface area contributed by atoms with Gasteiger partial charge in [0.1, 0.15) is 11.7 Å². The first-order valence-corrected chi connectivity index (χ1v) is 9.43. The molecule has 0 saturated heterocycles. The smallest absolute Gasteiger partial charge is 0.316 e. The molecule has 1 aromatic rings. The molecule has 0 heterocycles. The molecule has 1 aliphatic rings. The molecule has 0 saturated carbocycles. The first-order valence-electron chi connectivity index (χ1n) is 9.43. The third-order valence-corrected chi connectivity index (χ3v) is 4.96.